The quantitative estimate of drug-likeness (QED) is 0.686. The average Bonchev–Trinajstić information content (AvgIpc) is 2.61. The van der Waals surface area contributed by atoms with Crippen LogP contribution in [0, 0.1) is 0 Å². The van der Waals surface area contributed by atoms with E-state index < -0.39 is 0 Å². The molecule has 0 atom stereocenters. The van der Waals surface area contributed by atoms with Crippen LogP contribution in [0.15, 0.2) is 73.3 Å². The zero-order valence-corrected chi connectivity index (χ0v) is 12.1. The lowest BCUT2D eigenvalue weighted by Gasteiger charge is -1.97. The number of hydrogen-bond acceptors (Lipinski definition) is 2. The van der Waals surface area contributed by atoms with Crippen LogP contribution in [0.3, 0.4) is 0 Å². The Balaban J connectivity index is 1.68. The number of benzene rings is 1. The van der Waals surface area contributed by atoms with Crippen LogP contribution in [0.5, 0.6) is 0 Å². The maximum absolute atomic E-state index is 4.01. The van der Waals surface area contributed by atoms with Crippen molar-refractivity contribution in [3.05, 3.63) is 95.6 Å². The summed E-state index contributed by atoms with van der Waals surface area (Å²) in [4.78, 5) is 8.02. The summed E-state index contributed by atoms with van der Waals surface area (Å²) in [5, 5.41) is 0. The second-order valence-electron chi connectivity index (χ2n) is 4.89. The molecule has 0 spiro atoms. The molecule has 1 aromatic carbocycles. The Morgan fingerprint density at radius 1 is 0.409 bits per heavy atom. The molecule has 2 heterocycles. The minimum absolute atomic E-state index is 1.15. The zero-order valence-electron chi connectivity index (χ0n) is 12.1. The molecule has 0 saturated carbocycles. The SMILES string of the molecule is C(=C/c1ccc(/C=C\c2ccncc2)cc1)/c1ccncc1. The highest BCUT2D eigenvalue weighted by atomic mass is 14.6. The van der Waals surface area contributed by atoms with Crippen LogP contribution in [0.2, 0.25) is 0 Å². The molecule has 0 N–H and O–H groups in total. The summed E-state index contributed by atoms with van der Waals surface area (Å²) >= 11 is 0. The van der Waals surface area contributed by atoms with Gasteiger partial charge in [0.1, 0.15) is 0 Å². The number of rotatable bonds is 4. The first-order valence-electron chi connectivity index (χ1n) is 7.16. The summed E-state index contributed by atoms with van der Waals surface area (Å²) in [6.45, 7) is 0. The van der Waals surface area contributed by atoms with Crippen LogP contribution in [-0.2, 0) is 0 Å². The van der Waals surface area contributed by atoms with Crippen LogP contribution in [-0.4, -0.2) is 9.97 Å². The molecule has 0 aliphatic rings. The standard InChI is InChI=1S/C20H16N2/c1-2-18(6-8-20-11-15-22-16-12-20)4-3-17(1)5-7-19-9-13-21-14-10-19/h1-16H/b7-5-,8-6-. The van der Waals surface area contributed by atoms with E-state index in [1.807, 2.05) is 24.3 Å². The zero-order chi connectivity index (χ0) is 15.0. The summed E-state index contributed by atoms with van der Waals surface area (Å²) in [5.74, 6) is 0. The fourth-order valence-corrected chi connectivity index (χ4v) is 2.05. The van der Waals surface area contributed by atoms with Crippen LogP contribution >= 0.6 is 0 Å². The van der Waals surface area contributed by atoms with Crippen LogP contribution in [0.4, 0.5) is 0 Å². The molecule has 0 saturated heterocycles. The molecule has 0 unspecified atom stereocenters. The number of pyridine rings is 2. The Labute approximate surface area is 130 Å². The van der Waals surface area contributed by atoms with Gasteiger partial charge in [-0.1, -0.05) is 48.6 Å². The summed E-state index contributed by atoms with van der Waals surface area (Å²) in [5.41, 5.74) is 4.66. The molecule has 22 heavy (non-hydrogen) atoms. The Morgan fingerprint density at radius 3 is 1.00 bits per heavy atom. The van der Waals surface area contributed by atoms with E-state index in [-0.39, 0.29) is 0 Å². The number of hydrogen-bond donors (Lipinski definition) is 0. The van der Waals surface area contributed by atoms with Gasteiger partial charge in [0.25, 0.3) is 0 Å². The largest absolute Gasteiger partial charge is 0.265 e. The first-order chi connectivity index (χ1) is 10.9. The fraction of sp³-hybridized carbons (Fsp3) is 0. The van der Waals surface area contributed by atoms with E-state index >= 15 is 0 Å². The molecule has 3 aromatic rings. The molecule has 0 aliphatic carbocycles. The van der Waals surface area contributed by atoms with Crippen LogP contribution in [0.25, 0.3) is 24.3 Å². The van der Waals surface area contributed by atoms with E-state index in [9.17, 15) is 0 Å². The molecular weight excluding hydrogens is 268 g/mol. The third kappa shape index (κ3) is 4.00. The molecule has 0 bridgehead atoms. The Morgan fingerprint density at radius 2 is 0.682 bits per heavy atom. The second-order valence-corrected chi connectivity index (χ2v) is 4.89. The maximum Gasteiger partial charge on any atom is 0.0273 e. The molecule has 2 heteroatoms. The van der Waals surface area contributed by atoms with Crippen molar-refractivity contribution in [2.75, 3.05) is 0 Å². The van der Waals surface area contributed by atoms with E-state index in [1.54, 1.807) is 24.8 Å². The molecule has 2 aromatic heterocycles. The van der Waals surface area contributed by atoms with Gasteiger partial charge in [0, 0.05) is 24.8 Å². The van der Waals surface area contributed by atoms with Gasteiger partial charge < -0.3 is 0 Å². The monoisotopic (exact) mass is 284 g/mol. The molecule has 0 aliphatic heterocycles. The molecule has 2 nitrogen and oxygen atoms in total. The topological polar surface area (TPSA) is 25.8 Å². The van der Waals surface area contributed by atoms with Crippen molar-refractivity contribution in [2.24, 2.45) is 0 Å². The van der Waals surface area contributed by atoms with Crippen molar-refractivity contribution in [1.29, 1.82) is 0 Å². The lowest BCUT2D eigenvalue weighted by Crippen LogP contribution is -1.76. The third-order valence-corrected chi connectivity index (χ3v) is 3.29. The van der Waals surface area contributed by atoms with Crippen molar-refractivity contribution in [1.82, 2.24) is 9.97 Å². The van der Waals surface area contributed by atoms with Gasteiger partial charge in [-0.3, -0.25) is 9.97 Å². The van der Waals surface area contributed by atoms with E-state index in [4.69, 9.17) is 0 Å². The summed E-state index contributed by atoms with van der Waals surface area (Å²) in [7, 11) is 0. The predicted octanol–water partition coefficient (Wildman–Crippen LogP) is 4.82. The summed E-state index contributed by atoms with van der Waals surface area (Å²) < 4.78 is 0. The van der Waals surface area contributed by atoms with Crippen molar-refractivity contribution in [2.45, 2.75) is 0 Å². The number of nitrogens with zero attached hydrogens (tertiary/aromatic N) is 2. The fourth-order valence-electron chi connectivity index (χ4n) is 2.05. The van der Waals surface area contributed by atoms with Crippen molar-refractivity contribution < 1.29 is 0 Å². The first-order valence-corrected chi connectivity index (χ1v) is 7.16. The van der Waals surface area contributed by atoms with E-state index in [2.05, 4.69) is 58.5 Å². The Kier molecular flexibility index (Phi) is 4.53. The van der Waals surface area contributed by atoms with E-state index in [0.717, 1.165) is 11.1 Å². The Bertz CT molecular complexity index is 689. The highest BCUT2D eigenvalue weighted by Gasteiger charge is 1.90. The van der Waals surface area contributed by atoms with Crippen molar-refractivity contribution in [3.8, 4) is 0 Å². The van der Waals surface area contributed by atoms with Gasteiger partial charge in [-0.25, -0.2) is 0 Å². The van der Waals surface area contributed by atoms with Gasteiger partial charge in [0.15, 0.2) is 0 Å². The minimum Gasteiger partial charge on any atom is -0.265 e. The van der Waals surface area contributed by atoms with Gasteiger partial charge >= 0.3 is 0 Å². The normalized spacial score (nSPS) is 11.3. The lowest BCUT2D eigenvalue weighted by atomic mass is 10.1. The second kappa shape index (κ2) is 7.14. The molecular formula is C20H16N2. The Hall–Kier alpha value is -3.00. The minimum atomic E-state index is 1.15. The maximum atomic E-state index is 4.01. The summed E-state index contributed by atoms with van der Waals surface area (Å²) in [6.07, 6.45) is 15.6. The molecule has 106 valence electrons. The molecule has 3 rings (SSSR count). The summed E-state index contributed by atoms with van der Waals surface area (Å²) in [6, 6.07) is 16.4. The van der Waals surface area contributed by atoms with Gasteiger partial charge in [-0.15, -0.1) is 0 Å². The highest BCUT2D eigenvalue weighted by molar-refractivity contribution is 5.72. The first kappa shape index (κ1) is 14.0. The smallest absolute Gasteiger partial charge is 0.0273 e. The van der Waals surface area contributed by atoms with E-state index in [0.29, 0.717) is 0 Å². The van der Waals surface area contributed by atoms with Crippen molar-refractivity contribution >= 4 is 24.3 Å². The predicted molar refractivity (Wildman–Crippen MR) is 92.8 cm³/mol. The van der Waals surface area contributed by atoms with Crippen LogP contribution in [0.1, 0.15) is 22.3 Å². The molecule has 0 radical (unpaired) electrons. The highest BCUT2D eigenvalue weighted by Crippen LogP contribution is 2.12. The van der Waals surface area contributed by atoms with Gasteiger partial charge in [-0.05, 0) is 46.5 Å². The lowest BCUT2D eigenvalue weighted by molar-refractivity contribution is 1.32. The van der Waals surface area contributed by atoms with Crippen LogP contribution < -0.4 is 0 Å². The number of aromatic nitrogens is 2. The van der Waals surface area contributed by atoms with Gasteiger partial charge in [-0.2, -0.15) is 0 Å². The third-order valence-electron chi connectivity index (χ3n) is 3.29. The molecule has 0 fully saturated rings. The average molecular weight is 284 g/mol. The van der Waals surface area contributed by atoms with E-state index in [1.165, 1.54) is 11.1 Å². The van der Waals surface area contributed by atoms with Gasteiger partial charge in [0.05, 0.1) is 0 Å². The molecule has 0 amide bonds. The van der Waals surface area contributed by atoms with Crippen molar-refractivity contribution in [3.63, 3.8) is 0 Å². The van der Waals surface area contributed by atoms with Gasteiger partial charge in [0.2, 0.25) is 0 Å².